The fourth-order valence-corrected chi connectivity index (χ4v) is 1.94. The van der Waals surface area contributed by atoms with Gasteiger partial charge in [0, 0.05) is 9.92 Å². The summed E-state index contributed by atoms with van der Waals surface area (Å²) >= 11 is 9.87. The molecule has 0 bridgehead atoms. The molecule has 98 valence electrons. The fourth-order valence-electron chi connectivity index (χ4n) is 1.52. The summed E-state index contributed by atoms with van der Waals surface area (Å²) < 4.78 is 18.5. The van der Waals surface area contributed by atoms with Crippen LogP contribution >= 0.6 is 24.2 Å². The molecule has 0 aromatic heterocycles. The summed E-state index contributed by atoms with van der Waals surface area (Å²) in [5.74, 6) is -1.36. The van der Waals surface area contributed by atoms with Crippen LogP contribution in [-0.4, -0.2) is 5.97 Å². The molecule has 0 saturated carbocycles. The minimum atomic E-state index is -0.728. The standard InChI is InChI=1S/C14H10ClFO2S/c15-10-3-1-2-9(6-10)8-18-14(17)12-7-11(19)4-5-13(12)16/h1-7,19H,8H2. The van der Waals surface area contributed by atoms with Crippen LogP contribution in [-0.2, 0) is 11.3 Å². The van der Waals surface area contributed by atoms with Crippen molar-refractivity contribution < 1.29 is 13.9 Å². The third-order valence-electron chi connectivity index (χ3n) is 2.43. The van der Waals surface area contributed by atoms with Crippen LogP contribution in [0.25, 0.3) is 0 Å². The molecule has 0 amide bonds. The van der Waals surface area contributed by atoms with E-state index in [-0.39, 0.29) is 12.2 Å². The highest BCUT2D eigenvalue weighted by Gasteiger charge is 2.13. The minimum absolute atomic E-state index is 0.0373. The first kappa shape index (κ1) is 13.9. The third kappa shape index (κ3) is 3.72. The van der Waals surface area contributed by atoms with Gasteiger partial charge in [-0.3, -0.25) is 0 Å². The Bertz CT molecular complexity index is 616. The van der Waals surface area contributed by atoms with Gasteiger partial charge in [0.05, 0.1) is 5.56 Å². The van der Waals surface area contributed by atoms with Crippen molar-refractivity contribution in [3.63, 3.8) is 0 Å². The molecule has 0 aliphatic rings. The number of benzene rings is 2. The maximum atomic E-state index is 13.5. The normalized spacial score (nSPS) is 10.3. The van der Waals surface area contributed by atoms with Crippen LogP contribution in [0, 0.1) is 5.82 Å². The smallest absolute Gasteiger partial charge is 0.341 e. The molecule has 0 radical (unpaired) electrons. The predicted molar refractivity (Wildman–Crippen MR) is 74.2 cm³/mol. The second-order valence-electron chi connectivity index (χ2n) is 3.87. The lowest BCUT2D eigenvalue weighted by molar-refractivity contribution is 0.0467. The lowest BCUT2D eigenvalue weighted by Crippen LogP contribution is -2.07. The molecular weight excluding hydrogens is 287 g/mol. The first-order chi connectivity index (χ1) is 9.06. The van der Waals surface area contributed by atoms with Gasteiger partial charge in [0.15, 0.2) is 0 Å². The second-order valence-corrected chi connectivity index (χ2v) is 4.82. The van der Waals surface area contributed by atoms with Gasteiger partial charge in [0.2, 0.25) is 0 Å². The molecule has 0 N–H and O–H groups in total. The van der Waals surface area contributed by atoms with E-state index in [0.29, 0.717) is 9.92 Å². The molecule has 2 aromatic rings. The molecule has 0 aliphatic heterocycles. The molecular formula is C14H10ClFO2S. The van der Waals surface area contributed by atoms with Crippen LogP contribution in [0.2, 0.25) is 5.02 Å². The first-order valence-corrected chi connectivity index (χ1v) is 6.29. The van der Waals surface area contributed by atoms with E-state index < -0.39 is 11.8 Å². The zero-order chi connectivity index (χ0) is 13.8. The van der Waals surface area contributed by atoms with E-state index in [1.807, 2.05) is 0 Å². The molecule has 19 heavy (non-hydrogen) atoms. The lowest BCUT2D eigenvalue weighted by Gasteiger charge is -2.06. The average Bonchev–Trinajstić information content (AvgIpc) is 2.39. The van der Waals surface area contributed by atoms with Crippen molar-refractivity contribution in [2.75, 3.05) is 0 Å². The van der Waals surface area contributed by atoms with Gasteiger partial charge < -0.3 is 4.74 Å². The van der Waals surface area contributed by atoms with Gasteiger partial charge in [0.25, 0.3) is 0 Å². The number of esters is 1. The van der Waals surface area contributed by atoms with E-state index >= 15 is 0 Å². The Morgan fingerprint density at radius 3 is 2.79 bits per heavy atom. The lowest BCUT2D eigenvalue weighted by atomic mass is 10.2. The molecule has 0 spiro atoms. The van der Waals surface area contributed by atoms with Crippen molar-refractivity contribution in [3.05, 3.63) is 64.4 Å². The van der Waals surface area contributed by atoms with E-state index in [2.05, 4.69) is 12.6 Å². The van der Waals surface area contributed by atoms with Crippen LogP contribution in [0.4, 0.5) is 4.39 Å². The van der Waals surface area contributed by atoms with Gasteiger partial charge in [0.1, 0.15) is 12.4 Å². The number of carbonyl (C=O) groups excluding carboxylic acids is 1. The topological polar surface area (TPSA) is 26.3 Å². The Morgan fingerprint density at radius 2 is 2.05 bits per heavy atom. The molecule has 0 aliphatic carbocycles. The van der Waals surface area contributed by atoms with Crippen molar-refractivity contribution in [3.8, 4) is 0 Å². The minimum Gasteiger partial charge on any atom is -0.457 e. The van der Waals surface area contributed by atoms with Crippen LogP contribution < -0.4 is 0 Å². The molecule has 0 atom stereocenters. The van der Waals surface area contributed by atoms with E-state index in [4.69, 9.17) is 16.3 Å². The Kier molecular flexibility index (Phi) is 4.45. The van der Waals surface area contributed by atoms with Gasteiger partial charge in [-0.2, -0.15) is 0 Å². The molecule has 5 heteroatoms. The summed E-state index contributed by atoms with van der Waals surface area (Å²) in [4.78, 5) is 12.2. The summed E-state index contributed by atoms with van der Waals surface area (Å²) in [6.07, 6.45) is 0. The predicted octanol–water partition coefficient (Wildman–Crippen LogP) is 4.12. The van der Waals surface area contributed by atoms with E-state index in [1.54, 1.807) is 24.3 Å². The number of hydrogen-bond donors (Lipinski definition) is 1. The third-order valence-corrected chi connectivity index (χ3v) is 2.94. The number of rotatable bonds is 3. The Hall–Kier alpha value is -1.52. The number of hydrogen-bond acceptors (Lipinski definition) is 3. The molecule has 0 fully saturated rings. The average molecular weight is 297 g/mol. The first-order valence-electron chi connectivity index (χ1n) is 5.46. The van der Waals surface area contributed by atoms with Crippen LogP contribution in [0.5, 0.6) is 0 Å². The van der Waals surface area contributed by atoms with Crippen LogP contribution in [0.3, 0.4) is 0 Å². The number of thiol groups is 1. The maximum absolute atomic E-state index is 13.5. The second kappa shape index (κ2) is 6.08. The highest BCUT2D eigenvalue weighted by molar-refractivity contribution is 7.80. The zero-order valence-corrected chi connectivity index (χ0v) is 11.4. The van der Waals surface area contributed by atoms with Gasteiger partial charge in [-0.05, 0) is 35.9 Å². The van der Waals surface area contributed by atoms with Gasteiger partial charge in [-0.25, -0.2) is 9.18 Å². The monoisotopic (exact) mass is 296 g/mol. The molecule has 2 aromatic carbocycles. The van der Waals surface area contributed by atoms with Gasteiger partial charge in [-0.1, -0.05) is 23.7 Å². The highest BCUT2D eigenvalue weighted by Crippen LogP contribution is 2.16. The summed E-state index contributed by atoms with van der Waals surface area (Å²) in [5.41, 5.74) is 0.609. The molecule has 2 nitrogen and oxygen atoms in total. The van der Waals surface area contributed by atoms with E-state index in [1.165, 1.54) is 18.2 Å². The number of ether oxygens (including phenoxy) is 1. The van der Waals surface area contributed by atoms with Crippen molar-refractivity contribution in [2.45, 2.75) is 11.5 Å². The van der Waals surface area contributed by atoms with E-state index in [0.717, 1.165) is 5.56 Å². The zero-order valence-electron chi connectivity index (χ0n) is 9.77. The summed E-state index contributed by atoms with van der Waals surface area (Å²) in [7, 11) is 0. The molecule has 0 unspecified atom stereocenters. The fraction of sp³-hybridized carbons (Fsp3) is 0.0714. The summed E-state index contributed by atoms with van der Waals surface area (Å²) in [5, 5.41) is 0.553. The number of halogens is 2. The SMILES string of the molecule is O=C(OCc1cccc(Cl)c1)c1cc(S)ccc1F. The Morgan fingerprint density at radius 1 is 1.26 bits per heavy atom. The van der Waals surface area contributed by atoms with Crippen molar-refractivity contribution >= 4 is 30.2 Å². The highest BCUT2D eigenvalue weighted by atomic mass is 35.5. The summed E-state index contributed by atoms with van der Waals surface area (Å²) in [6.45, 7) is 0.0373. The van der Waals surface area contributed by atoms with Gasteiger partial charge >= 0.3 is 5.97 Å². The Labute approximate surface area is 120 Å². The Balaban J connectivity index is 2.07. The van der Waals surface area contributed by atoms with Gasteiger partial charge in [-0.15, -0.1) is 12.6 Å². The number of carbonyl (C=O) groups is 1. The summed E-state index contributed by atoms with van der Waals surface area (Å²) in [6, 6.07) is 10.9. The van der Waals surface area contributed by atoms with Crippen molar-refractivity contribution in [2.24, 2.45) is 0 Å². The maximum Gasteiger partial charge on any atom is 0.341 e. The van der Waals surface area contributed by atoms with Crippen molar-refractivity contribution in [1.29, 1.82) is 0 Å². The molecule has 0 saturated heterocycles. The van der Waals surface area contributed by atoms with Crippen LogP contribution in [0.15, 0.2) is 47.4 Å². The molecule has 0 heterocycles. The quantitative estimate of drug-likeness (QED) is 0.681. The van der Waals surface area contributed by atoms with Crippen LogP contribution in [0.1, 0.15) is 15.9 Å². The van der Waals surface area contributed by atoms with E-state index in [9.17, 15) is 9.18 Å². The largest absolute Gasteiger partial charge is 0.457 e. The molecule has 2 rings (SSSR count). The van der Waals surface area contributed by atoms with Crippen molar-refractivity contribution in [1.82, 2.24) is 0 Å².